The number of amides is 2. The lowest BCUT2D eigenvalue weighted by molar-refractivity contribution is -0.116. The monoisotopic (exact) mass is 484 g/mol. The zero-order valence-corrected chi connectivity index (χ0v) is 19.9. The Morgan fingerprint density at radius 3 is 2.20 bits per heavy atom. The normalized spacial score (nSPS) is 12.1. The summed E-state index contributed by atoms with van der Waals surface area (Å²) >= 11 is 1.37. The maximum Gasteiger partial charge on any atom is 0.251 e. The van der Waals surface area contributed by atoms with Crippen molar-refractivity contribution in [1.29, 1.82) is 0 Å². The number of ether oxygens (including phenoxy) is 2. The van der Waals surface area contributed by atoms with Gasteiger partial charge in [-0.25, -0.2) is 0 Å². The van der Waals surface area contributed by atoms with E-state index in [1.54, 1.807) is 0 Å². The molecule has 0 aliphatic carbocycles. The molecule has 5 rings (SSSR count). The number of rotatable bonds is 7. The number of nitrogens with two attached hydrogens (primary N) is 1. The molecule has 176 valence electrons. The van der Waals surface area contributed by atoms with Crippen LogP contribution < -0.4 is 20.5 Å². The first-order valence-corrected chi connectivity index (χ1v) is 12.0. The van der Waals surface area contributed by atoms with E-state index in [1.807, 2.05) is 85.8 Å². The second-order valence-corrected chi connectivity index (χ2v) is 9.43. The SMILES string of the molecule is Cc1c(Cc2ccc3c(c2)OCO3)sc(NC(=O)C(c2ccccc2)c2ccccc2)c1C(N)=O. The topological polar surface area (TPSA) is 90.7 Å². The Morgan fingerprint density at radius 2 is 1.57 bits per heavy atom. The molecule has 0 bridgehead atoms. The van der Waals surface area contributed by atoms with Gasteiger partial charge in [-0.05, 0) is 41.3 Å². The van der Waals surface area contributed by atoms with Crippen LogP contribution in [0.5, 0.6) is 11.5 Å². The van der Waals surface area contributed by atoms with Crippen molar-refractivity contribution in [3.63, 3.8) is 0 Å². The van der Waals surface area contributed by atoms with Crippen LogP contribution in [0.4, 0.5) is 5.00 Å². The van der Waals surface area contributed by atoms with Gasteiger partial charge >= 0.3 is 0 Å². The van der Waals surface area contributed by atoms with Gasteiger partial charge in [0, 0.05) is 11.3 Å². The average Bonchev–Trinajstić information content (AvgIpc) is 3.44. The fraction of sp³-hybridized carbons (Fsp3) is 0.143. The second-order valence-electron chi connectivity index (χ2n) is 8.33. The number of hydrogen-bond donors (Lipinski definition) is 2. The molecule has 1 aliphatic heterocycles. The minimum Gasteiger partial charge on any atom is -0.454 e. The van der Waals surface area contributed by atoms with E-state index in [-0.39, 0.29) is 12.7 Å². The number of fused-ring (bicyclic) bond motifs is 1. The van der Waals surface area contributed by atoms with Gasteiger partial charge in [0.2, 0.25) is 12.7 Å². The highest BCUT2D eigenvalue weighted by Crippen LogP contribution is 2.38. The first-order valence-electron chi connectivity index (χ1n) is 11.2. The Kier molecular flexibility index (Phi) is 6.25. The van der Waals surface area contributed by atoms with Crippen LogP contribution in [-0.4, -0.2) is 18.6 Å². The van der Waals surface area contributed by atoms with Gasteiger partial charge in [0.15, 0.2) is 11.5 Å². The molecule has 4 aromatic rings. The summed E-state index contributed by atoms with van der Waals surface area (Å²) in [6.07, 6.45) is 0.574. The Hall–Kier alpha value is -4.10. The Morgan fingerprint density at radius 1 is 0.943 bits per heavy atom. The van der Waals surface area contributed by atoms with E-state index < -0.39 is 11.8 Å². The van der Waals surface area contributed by atoms with Crippen LogP contribution in [-0.2, 0) is 11.2 Å². The molecular formula is C28H24N2O4S. The summed E-state index contributed by atoms with van der Waals surface area (Å²) in [7, 11) is 0. The van der Waals surface area contributed by atoms with Crippen molar-refractivity contribution in [1.82, 2.24) is 0 Å². The molecule has 6 nitrogen and oxygen atoms in total. The van der Waals surface area contributed by atoms with Crippen molar-refractivity contribution in [2.45, 2.75) is 19.3 Å². The number of primary amides is 1. The van der Waals surface area contributed by atoms with Crippen molar-refractivity contribution in [2.75, 3.05) is 12.1 Å². The van der Waals surface area contributed by atoms with E-state index in [1.165, 1.54) is 11.3 Å². The summed E-state index contributed by atoms with van der Waals surface area (Å²) in [4.78, 5) is 27.0. The third-order valence-corrected chi connectivity index (χ3v) is 7.27. The first-order chi connectivity index (χ1) is 17.0. The molecule has 2 amide bonds. The predicted molar refractivity (Wildman–Crippen MR) is 136 cm³/mol. The number of thiophene rings is 1. The van der Waals surface area contributed by atoms with E-state index in [0.29, 0.717) is 22.7 Å². The molecule has 0 saturated heterocycles. The van der Waals surface area contributed by atoms with Gasteiger partial charge in [-0.15, -0.1) is 11.3 Å². The first kappa shape index (κ1) is 22.7. The highest BCUT2D eigenvalue weighted by atomic mass is 32.1. The quantitative estimate of drug-likeness (QED) is 0.375. The third kappa shape index (κ3) is 4.63. The van der Waals surface area contributed by atoms with Gasteiger partial charge in [-0.1, -0.05) is 66.7 Å². The summed E-state index contributed by atoms with van der Waals surface area (Å²) in [6.45, 7) is 2.07. The molecule has 2 heterocycles. The average molecular weight is 485 g/mol. The lowest BCUT2D eigenvalue weighted by Gasteiger charge is -2.17. The van der Waals surface area contributed by atoms with E-state index >= 15 is 0 Å². The molecule has 0 spiro atoms. The summed E-state index contributed by atoms with van der Waals surface area (Å²) in [5.74, 6) is 0.102. The molecule has 1 aliphatic rings. The van der Waals surface area contributed by atoms with Crippen LogP contribution >= 0.6 is 11.3 Å². The highest BCUT2D eigenvalue weighted by molar-refractivity contribution is 7.17. The Balaban J connectivity index is 1.47. The molecule has 0 saturated carbocycles. The summed E-state index contributed by atoms with van der Waals surface area (Å²) in [6, 6.07) is 25.0. The molecule has 7 heteroatoms. The lowest BCUT2D eigenvalue weighted by atomic mass is 9.90. The van der Waals surface area contributed by atoms with Crippen LogP contribution in [0.2, 0.25) is 0 Å². The van der Waals surface area contributed by atoms with Crippen molar-refractivity contribution in [3.8, 4) is 11.5 Å². The van der Waals surface area contributed by atoms with Gasteiger partial charge in [0.25, 0.3) is 5.91 Å². The highest BCUT2D eigenvalue weighted by Gasteiger charge is 2.27. The van der Waals surface area contributed by atoms with Gasteiger partial charge < -0.3 is 20.5 Å². The van der Waals surface area contributed by atoms with Crippen LogP contribution in [0.15, 0.2) is 78.9 Å². The number of carbonyl (C=O) groups excluding carboxylic acids is 2. The van der Waals surface area contributed by atoms with Crippen LogP contribution in [0.3, 0.4) is 0 Å². The third-order valence-electron chi connectivity index (χ3n) is 6.06. The predicted octanol–water partition coefficient (Wildman–Crippen LogP) is 5.25. The maximum atomic E-state index is 13.6. The molecule has 0 unspecified atom stereocenters. The maximum absolute atomic E-state index is 13.6. The van der Waals surface area contributed by atoms with Crippen LogP contribution in [0.1, 0.15) is 43.4 Å². The van der Waals surface area contributed by atoms with Gasteiger partial charge in [-0.2, -0.15) is 0 Å². The van der Waals surface area contributed by atoms with Crippen molar-refractivity contribution in [3.05, 3.63) is 112 Å². The fourth-order valence-electron chi connectivity index (χ4n) is 4.32. The van der Waals surface area contributed by atoms with E-state index in [4.69, 9.17) is 15.2 Å². The molecule has 0 atom stereocenters. The Labute approximate surface area is 207 Å². The number of benzene rings is 3. The minimum absolute atomic E-state index is 0.211. The molecule has 3 N–H and O–H groups in total. The summed E-state index contributed by atoms with van der Waals surface area (Å²) in [5.41, 5.74) is 9.61. The van der Waals surface area contributed by atoms with Gasteiger partial charge in [0.1, 0.15) is 5.00 Å². The summed E-state index contributed by atoms with van der Waals surface area (Å²) in [5, 5.41) is 3.48. The van der Waals surface area contributed by atoms with Gasteiger partial charge in [0.05, 0.1) is 11.5 Å². The zero-order chi connectivity index (χ0) is 24.4. The molecule has 3 aromatic carbocycles. The fourth-order valence-corrected chi connectivity index (χ4v) is 5.57. The van der Waals surface area contributed by atoms with Crippen LogP contribution in [0, 0.1) is 6.92 Å². The van der Waals surface area contributed by atoms with Crippen molar-refractivity contribution < 1.29 is 19.1 Å². The van der Waals surface area contributed by atoms with E-state index in [2.05, 4.69) is 5.32 Å². The number of hydrogen-bond acceptors (Lipinski definition) is 5. The zero-order valence-electron chi connectivity index (χ0n) is 19.1. The van der Waals surface area contributed by atoms with Crippen LogP contribution in [0.25, 0.3) is 0 Å². The van der Waals surface area contributed by atoms with E-state index in [0.717, 1.165) is 32.9 Å². The number of nitrogens with one attached hydrogen (secondary N) is 1. The van der Waals surface area contributed by atoms with Gasteiger partial charge in [-0.3, -0.25) is 9.59 Å². The molecule has 35 heavy (non-hydrogen) atoms. The molecular weight excluding hydrogens is 460 g/mol. The molecule has 1 aromatic heterocycles. The van der Waals surface area contributed by atoms with Crippen molar-refractivity contribution in [2.24, 2.45) is 5.73 Å². The largest absolute Gasteiger partial charge is 0.454 e. The standard InChI is InChI=1S/C28H24N2O4S/c1-17-23(15-18-12-13-21-22(14-18)34-16-33-21)35-28(24(17)26(29)31)30-27(32)25(19-8-4-2-5-9-19)20-10-6-3-7-11-20/h2-14,25H,15-16H2,1H3,(H2,29,31)(H,30,32). The number of carbonyl (C=O) groups is 2. The summed E-state index contributed by atoms with van der Waals surface area (Å²) < 4.78 is 10.9. The molecule has 0 fully saturated rings. The minimum atomic E-state index is -0.568. The smallest absolute Gasteiger partial charge is 0.251 e. The molecule has 0 radical (unpaired) electrons. The number of anilines is 1. The second kappa shape index (κ2) is 9.64. The Bertz CT molecular complexity index is 1340. The lowest BCUT2D eigenvalue weighted by Crippen LogP contribution is -2.23. The van der Waals surface area contributed by atoms with E-state index in [9.17, 15) is 9.59 Å². The van der Waals surface area contributed by atoms with Crippen molar-refractivity contribution >= 4 is 28.2 Å².